The fourth-order valence-electron chi connectivity index (χ4n) is 1.38. The zero-order valence-electron chi connectivity index (χ0n) is 10.2. The van der Waals surface area contributed by atoms with Crippen molar-refractivity contribution in [3.63, 3.8) is 0 Å². The SMILES string of the molecule is NC(=O)CSc1ccccc1NC(=O)c1nonc1N. The van der Waals surface area contributed by atoms with E-state index in [0.29, 0.717) is 10.6 Å². The predicted octanol–water partition coefficient (Wildman–Crippen LogP) is 0.481. The highest BCUT2D eigenvalue weighted by molar-refractivity contribution is 8.00. The lowest BCUT2D eigenvalue weighted by Crippen LogP contribution is -2.16. The fourth-order valence-corrected chi connectivity index (χ4v) is 2.13. The van der Waals surface area contributed by atoms with Crippen molar-refractivity contribution >= 4 is 35.1 Å². The number of rotatable bonds is 5. The first kappa shape index (κ1) is 13.9. The molecule has 9 heteroatoms. The van der Waals surface area contributed by atoms with Crippen LogP contribution in [0.4, 0.5) is 11.5 Å². The number of carbonyl (C=O) groups is 2. The molecule has 8 nitrogen and oxygen atoms in total. The van der Waals surface area contributed by atoms with Crippen LogP contribution < -0.4 is 16.8 Å². The Hall–Kier alpha value is -2.55. The molecular weight excluding hydrogens is 282 g/mol. The Labute approximate surface area is 117 Å². The van der Waals surface area contributed by atoms with Crippen molar-refractivity contribution in [1.29, 1.82) is 0 Å². The number of benzene rings is 1. The molecule has 0 aliphatic heterocycles. The van der Waals surface area contributed by atoms with E-state index in [0.717, 1.165) is 0 Å². The van der Waals surface area contributed by atoms with Crippen molar-refractivity contribution in [1.82, 2.24) is 10.3 Å². The monoisotopic (exact) mass is 293 g/mol. The summed E-state index contributed by atoms with van der Waals surface area (Å²) in [5.74, 6) is -0.970. The van der Waals surface area contributed by atoms with E-state index >= 15 is 0 Å². The van der Waals surface area contributed by atoms with Crippen LogP contribution >= 0.6 is 11.8 Å². The van der Waals surface area contributed by atoms with Crippen molar-refractivity contribution in [2.24, 2.45) is 5.73 Å². The zero-order chi connectivity index (χ0) is 14.5. The van der Waals surface area contributed by atoms with Crippen molar-refractivity contribution < 1.29 is 14.2 Å². The van der Waals surface area contributed by atoms with Crippen LogP contribution in [0.15, 0.2) is 33.8 Å². The maximum atomic E-state index is 11.9. The van der Waals surface area contributed by atoms with E-state index in [4.69, 9.17) is 11.5 Å². The first-order valence-corrected chi connectivity index (χ1v) is 6.46. The lowest BCUT2D eigenvalue weighted by atomic mass is 10.3. The van der Waals surface area contributed by atoms with E-state index in [9.17, 15) is 9.59 Å². The third-order valence-electron chi connectivity index (χ3n) is 2.23. The molecule has 20 heavy (non-hydrogen) atoms. The number of carbonyl (C=O) groups excluding carboxylic acids is 2. The molecule has 0 spiro atoms. The van der Waals surface area contributed by atoms with Crippen molar-refractivity contribution in [3.05, 3.63) is 30.0 Å². The number of amides is 2. The number of hydrogen-bond acceptors (Lipinski definition) is 7. The van der Waals surface area contributed by atoms with E-state index in [-0.39, 0.29) is 17.3 Å². The molecule has 1 heterocycles. The molecule has 0 bridgehead atoms. The summed E-state index contributed by atoms with van der Waals surface area (Å²) in [6, 6.07) is 6.97. The van der Waals surface area contributed by atoms with Gasteiger partial charge in [0.1, 0.15) is 0 Å². The molecule has 2 rings (SSSR count). The summed E-state index contributed by atoms with van der Waals surface area (Å²) >= 11 is 1.22. The molecule has 104 valence electrons. The second-order valence-electron chi connectivity index (χ2n) is 3.70. The van der Waals surface area contributed by atoms with Crippen LogP contribution in [-0.4, -0.2) is 27.9 Å². The van der Waals surface area contributed by atoms with Gasteiger partial charge in [0.25, 0.3) is 5.91 Å². The van der Waals surface area contributed by atoms with Gasteiger partial charge in [-0.15, -0.1) is 11.8 Å². The minimum atomic E-state index is -0.545. The number of nitrogens with two attached hydrogens (primary N) is 2. The molecule has 0 saturated heterocycles. The van der Waals surface area contributed by atoms with E-state index in [1.165, 1.54) is 11.8 Å². The maximum Gasteiger partial charge on any atom is 0.281 e. The summed E-state index contributed by atoms with van der Waals surface area (Å²) in [5.41, 5.74) is 11.0. The normalized spacial score (nSPS) is 10.2. The Kier molecular flexibility index (Phi) is 4.20. The molecule has 2 amide bonds. The van der Waals surface area contributed by atoms with Gasteiger partial charge in [-0.05, 0) is 22.4 Å². The number of nitrogens with zero attached hydrogens (tertiary/aromatic N) is 2. The second kappa shape index (κ2) is 6.06. The Bertz CT molecular complexity index is 642. The molecule has 0 radical (unpaired) electrons. The number of thioether (sulfide) groups is 1. The zero-order valence-corrected chi connectivity index (χ0v) is 11.0. The van der Waals surface area contributed by atoms with Crippen LogP contribution in [0.5, 0.6) is 0 Å². The summed E-state index contributed by atoms with van der Waals surface area (Å²) in [5, 5.41) is 9.36. The van der Waals surface area contributed by atoms with Gasteiger partial charge in [0.2, 0.25) is 17.4 Å². The number of para-hydroxylation sites is 1. The molecule has 1 aromatic heterocycles. The van der Waals surface area contributed by atoms with E-state index in [2.05, 4.69) is 20.3 Å². The molecule has 2 aromatic rings. The maximum absolute atomic E-state index is 11.9. The summed E-state index contributed by atoms with van der Waals surface area (Å²) in [6.07, 6.45) is 0. The minimum absolute atomic E-state index is 0.0928. The number of aromatic nitrogens is 2. The first-order valence-electron chi connectivity index (χ1n) is 5.47. The lowest BCUT2D eigenvalue weighted by Gasteiger charge is -2.08. The quantitative estimate of drug-likeness (QED) is 0.682. The highest BCUT2D eigenvalue weighted by atomic mass is 32.2. The van der Waals surface area contributed by atoms with Gasteiger partial charge in [0.15, 0.2) is 0 Å². The molecule has 0 aliphatic rings. The smallest absolute Gasteiger partial charge is 0.281 e. The molecule has 1 aromatic carbocycles. The molecular formula is C11H11N5O3S. The van der Waals surface area contributed by atoms with E-state index in [1.807, 2.05) is 0 Å². The summed E-state index contributed by atoms with van der Waals surface area (Å²) in [7, 11) is 0. The molecule has 0 saturated carbocycles. The average Bonchev–Trinajstić information content (AvgIpc) is 2.84. The minimum Gasteiger partial charge on any atom is -0.379 e. The lowest BCUT2D eigenvalue weighted by molar-refractivity contribution is -0.115. The van der Waals surface area contributed by atoms with Crippen LogP contribution in [0, 0.1) is 0 Å². The number of anilines is 2. The van der Waals surface area contributed by atoms with Crippen LogP contribution in [0.25, 0.3) is 0 Å². The third kappa shape index (κ3) is 3.26. The summed E-state index contributed by atoms with van der Waals surface area (Å²) < 4.78 is 4.36. The third-order valence-corrected chi connectivity index (χ3v) is 3.33. The topological polar surface area (TPSA) is 137 Å². The van der Waals surface area contributed by atoms with Crippen LogP contribution in [0.3, 0.4) is 0 Å². The molecule has 5 N–H and O–H groups in total. The van der Waals surface area contributed by atoms with Crippen molar-refractivity contribution in [3.8, 4) is 0 Å². The van der Waals surface area contributed by atoms with Gasteiger partial charge in [-0.25, -0.2) is 4.63 Å². The highest BCUT2D eigenvalue weighted by Crippen LogP contribution is 2.27. The second-order valence-corrected chi connectivity index (χ2v) is 4.72. The first-order chi connectivity index (χ1) is 9.58. The van der Waals surface area contributed by atoms with Crippen molar-refractivity contribution in [2.75, 3.05) is 16.8 Å². The van der Waals surface area contributed by atoms with Gasteiger partial charge in [0, 0.05) is 4.90 Å². The average molecular weight is 293 g/mol. The van der Waals surface area contributed by atoms with Gasteiger partial charge < -0.3 is 16.8 Å². The Morgan fingerprint density at radius 2 is 2.05 bits per heavy atom. The van der Waals surface area contributed by atoms with Gasteiger partial charge in [-0.2, -0.15) is 0 Å². The summed E-state index contributed by atoms with van der Waals surface area (Å²) in [4.78, 5) is 23.4. The van der Waals surface area contributed by atoms with Gasteiger partial charge in [0.05, 0.1) is 11.4 Å². The molecule has 0 unspecified atom stereocenters. The Morgan fingerprint density at radius 3 is 2.70 bits per heavy atom. The Balaban J connectivity index is 2.15. The standard InChI is InChI=1S/C11H11N5O3S/c12-8(17)5-20-7-4-2-1-3-6(7)14-11(18)9-10(13)16-19-15-9/h1-4H,5H2,(H2,12,17)(H2,13,16)(H,14,18). The van der Waals surface area contributed by atoms with Gasteiger partial charge in [-0.3, -0.25) is 9.59 Å². The highest BCUT2D eigenvalue weighted by Gasteiger charge is 2.17. The van der Waals surface area contributed by atoms with Crippen LogP contribution in [0.2, 0.25) is 0 Å². The van der Waals surface area contributed by atoms with Crippen LogP contribution in [-0.2, 0) is 4.79 Å². The van der Waals surface area contributed by atoms with E-state index < -0.39 is 11.8 Å². The van der Waals surface area contributed by atoms with Gasteiger partial charge in [-0.1, -0.05) is 12.1 Å². The molecule has 0 aliphatic carbocycles. The van der Waals surface area contributed by atoms with E-state index in [1.54, 1.807) is 24.3 Å². The fraction of sp³-hybridized carbons (Fsp3) is 0.0909. The number of hydrogen-bond donors (Lipinski definition) is 3. The van der Waals surface area contributed by atoms with Crippen molar-refractivity contribution in [2.45, 2.75) is 4.90 Å². The number of primary amides is 1. The largest absolute Gasteiger partial charge is 0.379 e. The number of nitrogen functional groups attached to an aromatic ring is 1. The molecule has 0 atom stereocenters. The summed E-state index contributed by atoms with van der Waals surface area (Å²) in [6.45, 7) is 0. The Morgan fingerprint density at radius 1 is 1.30 bits per heavy atom. The number of nitrogens with one attached hydrogen (secondary N) is 1. The predicted molar refractivity (Wildman–Crippen MR) is 73.0 cm³/mol. The van der Waals surface area contributed by atoms with Crippen LogP contribution in [0.1, 0.15) is 10.5 Å². The molecule has 0 fully saturated rings. The van der Waals surface area contributed by atoms with Gasteiger partial charge >= 0.3 is 0 Å².